The predicted molar refractivity (Wildman–Crippen MR) is 109 cm³/mol. The van der Waals surface area contributed by atoms with Crippen LogP contribution in [0, 0.1) is 11.3 Å². The number of carbonyl (C=O) groups is 1. The van der Waals surface area contributed by atoms with Crippen molar-refractivity contribution in [3.8, 4) is 23.2 Å². The molecule has 0 bridgehead atoms. The maximum absolute atomic E-state index is 10.9. The van der Waals surface area contributed by atoms with Crippen LogP contribution < -0.4 is 4.74 Å². The van der Waals surface area contributed by atoms with Crippen LogP contribution in [-0.4, -0.2) is 21.0 Å². The first-order valence-electron chi connectivity index (χ1n) is 9.10. The number of carboxylic acids is 1. The number of nitriles is 1. The predicted octanol–water partition coefficient (Wildman–Crippen LogP) is 4.59. The standard InChI is InChI=1S/C23H21N3O3/c1-23(2,3)19-7-4-16(17(10-19)11-24)14-29-20-8-5-15(6-9-20)21-25-12-18(13-26-21)22(27)28/h4-10,12-13H,14H2,1-3H3,(H,27,28). The normalized spacial score (nSPS) is 11.0. The first-order chi connectivity index (χ1) is 13.8. The van der Waals surface area contributed by atoms with Gasteiger partial charge in [0.1, 0.15) is 12.4 Å². The Morgan fingerprint density at radius 2 is 1.76 bits per heavy atom. The second kappa shape index (κ2) is 8.11. The zero-order valence-corrected chi connectivity index (χ0v) is 16.5. The van der Waals surface area contributed by atoms with Crippen molar-refractivity contribution in [2.45, 2.75) is 32.8 Å². The lowest BCUT2D eigenvalue weighted by Crippen LogP contribution is -2.12. The van der Waals surface area contributed by atoms with Gasteiger partial charge >= 0.3 is 5.97 Å². The van der Waals surface area contributed by atoms with Gasteiger partial charge in [-0.05, 0) is 41.3 Å². The van der Waals surface area contributed by atoms with Crippen LogP contribution in [0.15, 0.2) is 54.9 Å². The maximum Gasteiger partial charge on any atom is 0.338 e. The number of carboxylic acid groups (broad SMARTS) is 1. The Balaban J connectivity index is 1.71. The van der Waals surface area contributed by atoms with Crippen molar-refractivity contribution in [2.24, 2.45) is 0 Å². The minimum absolute atomic E-state index is 0.0223. The summed E-state index contributed by atoms with van der Waals surface area (Å²) in [4.78, 5) is 19.0. The smallest absolute Gasteiger partial charge is 0.338 e. The Morgan fingerprint density at radius 3 is 2.31 bits per heavy atom. The zero-order valence-electron chi connectivity index (χ0n) is 16.5. The van der Waals surface area contributed by atoms with Crippen molar-refractivity contribution in [1.29, 1.82) is 5.26 Å². The summed E-state index contributed by atoms with van der Waals surface area (Å²) < 4.78 is 5.83. The maximum atomic E-state index is 10.9. The molecule has 0 saturated carbocycles. The van der Waals surface area contributed by atoms with Crippen molar-refractivity contribution >= 4 is 5.97 Å². The molecule has 0 aliphatic rings. The van der Waals surface area contributed by atoms with E-state index in [-0.39, 0.29) is 17.6 Å². The lowest BCUT2D eigenvalue weighted by Gasteiger charge is -2.20. The molecule has 1 N–H and O–H groups in total. The van der Waals surface area contributed by atoms with Gasteiger partial charge in [0, 0.05) is 23.5 Å². The third kappa shape index (κ3) is 4.77. The van der Waals surface area contributed by atoms with E-state index >= 15 is 0 Å². The van der Waals surface area contributed by atoms with Crippen molar-refractivity contribution < 1.29 is 14.6 Å². The van der Waals surface area contributed by atoms with Gasteiger partial charge in [0.05, 0.1) is 17.2 Å². The molecule has 1 heterocycles. The van der Waals surface area contributed by atoms with Crippen molar-refractivity contribution in [1.82, 2.24) is 9.97 Å². The SMILES string of the molecule is CC(C)(C)c1ccc(COc2ccc(-c3ncc(C(=O)O)cn3)cc2)c(C#N)c1. The Kier molecular flexibility index (Phi) is 5.60. The van der Waals surface area contributed by atoms with Crippen molar-refractivity contribution in [3.05, 3.63) is 77.1 Å². The molecule has 0 aliphatic heterocycles. The van der Waals surface area contributed by atoms with E-state index in [0.29, 0.717) is 17.1 Å². The number of hydrogen-bond acceptors (Lipinski definition) is 5. The topological polar surface area (TPSA) is 96.1 Å². The van der Waals surface area contributed by atoms with Gasteiger partial charge in [-0.3, -0.25) is 0 Å². The molecule has 29 heavy (non-hydrogen) atoms. The molecule has 146 valence electrons. The Morgan fingerprint density at radius 1 is 1.10 bits per heavy atom. The molecule has 6 nitrogen and oxygen atoms in total. The van der Waals surface area contributed by atoms with E-state index in [1.165, 1.54) is 12.4 Å². The van der Waals surface area contributed by atoms with Crippen LogP contribution in [-0.2, 0) is 12.0 Å². The molecule has 0 atom stereocenters. The number of aromatic nitrogens is 2. The van der Waals surface area contributed by atoms with E-state index in [1.54, 1.807) is 24.3 Å². The summed E-state index contributed by atoms with van der Waals surface area (Å²) in [5, 5.41) is 18.4. The second-order valence-electron chi connectivity index (χ2n) is 7.65. The largest absolute Gasteiger partial charge is 0.489 e. The molecular weight excluding hydrogens is 366 g/mol. The highest BCUT2D eigenvalue weighted by atomic mass is 16.5. The number of hydrogen-bond donors (Lipinski definition) is 1. The monoisotopic (exact) mass is 387 g/mol. The van der Waals surface area contributed by atoms with E-state index in [1.807, 2.05) is 18.2 Å². The van der Waals surface area contributed by atoms with Crippen molar-refractivity contribution in [3.63, 3.8) is 0 Å². The van der Waals surface area contributed by atoms with Gasteiger partial charge in [0.25, 0.3) is 0 Å². The number of benzene rings is 2. The van der Waals surface area contributed by atoms with Gasteiger partial charge in [-0.15, -0.1) is 0 Å². The van der Waals surface area contributed by atoms with Gasteiger partial charge in [-0.25, -0.2) is 14.8 Å². The summed E-state index contributed by atoms with van der Waals surface area (Å²) in [6.07, 6.45) is 2.56. The lowest BCUT2D eigenvalue weighted by molar-refractivity contribution is 0.0696. The molecule has 6 heteroatoms. The Bertz CT molecular complexity index is 1060. The summed E-state index contributed by atoms with van der Waals surface area (Å²) in [6, 6.07) is 15.3. The Hall–Kier alpha value is -3.72. The van der Waals surface area contributed by atoms with E-state index < -0.39 is 5.97 Å². The van der Waals surface area contributed by atoms with E-state index in [4.69, 9.17) is 9.84 Å². The summed E-state index contributed by atoms with van der Waals surface area (Å²) in [5.41, 5.74) is 3.32. The van der Waals surface area contributed by atoms with Crippen LogP contribution >= 0.6 is 0 Å². The average Bonchev–Trinajstić information content (AvgIpc) is 2.72. The molecule has 0 fully saturated rings. The molecule has 2 aromatic carbocycles. The summed E-state index contributed by atoms with van der Waals surface area (Å²) in [7, 11) is 0. The van der Waals surface area contributed by atoms with Crippen LogP contribution in [0.5, 0.6) is 5.75 Å². The molecule has 0 spiro atoms. The number of ether oxygens (including phenoxy) is 1. The minimum atomic E-state index is -1.06. The molecule has 1 aromatic heterocycles. The lowest BCUT2D eigenvalue weighted by atomic mass is 9.85. The first kappa shape index (κ1) is 20.0. The number of rotatable bonds is 5. The molecule has 0 unspecified atom stereocenters. The summed E-state index contributed by atoms with van der Waals surface area (Å²) in [5.74, 6) is 0.0262. The van der Waals surface area contributed by atoms with Gasteiger partial charge in [0.15, 0.2) is 5.82 Å². The van der Waals surface area contributed by atoms with Gasteiger partial charge in [-0.2, -0.15) is 5.26 Å². The van der Waals surface area contributed by atoms with Gasteiger partial charge < -0.3 is 9.84 Å². The summed E-state index contributed by atoms with van der Waals surface area (Å²) >= 11 is 0. The summed E-state index contributed by atoms with van der Waals surface area (Å²) in [6.45, 7) is 6.62. The van der Waals surface area contributed by atoms with E-state index in [2.05, 4.69) is 36.8 Å². The van der Waals surface area contributed by atoms with Gasteiger partial charge in [0.2, 0.25) is 0 Å². The second-order valence-corrected chi connectivity index (χ2v) is 7.65. The number of aromatic carboxylic acids is 1. The zero-order chi connectivity index (χ0) is 21.0. The molecule has 3 rings (SSSR count). The highest BCUT2D eigenvalue weighted by Crippen LogP contribution is 2.25. The fourth-order valence-electron chi connectivity index (χ4n) is 2.72. The van der Waals surface area contributed by atoms with Crippen LogP contribution in [0.25, 0.3) is 11.4 Å². The quantitative estimate of drug-likeness (QED) is 0.688. The average molecular weight is 387 g/mol. The van der Waals surface area contributed by atoms with Crippen LogP contribution in [0.2, 0.25) is 0 Å². The molecule has 0 amide bonds. The van der Waals surface area contributed by atoms with E-state index in [0.717, 1.165) is 16.7 Å². The molecule has 0 radical (unpaired) electrons. The van der Waals surface area contributed by atoms with Crippen LogP contribution in [0.1, 0.15) is 47.8 Å². The highest BCUT2D eigenvalue weighted by molar-refractivity contribution is 5.86. The molecule has 0 saturated heterocycles. The van der Waals surface area contributed by atoms with E-state index in [9.17, 15) is 10.1 Å². The highest BCUT2D eigenvalue weighted by Gasteiger charge is 2.15. The van der Waals surface area contributed by atoms with Crippen LogP contribution in [0.4, 0.5) is 0 Å². The minimum Gasteiger partial charge on any atom is -0.489 e. The fraction of sp³-hybridized carbons (Fsp3) is 0.217. The fourth-order valence-corrected chi connectivity index (χ4v) is 2.72. The number of nitrogens with zero attached hydrogens (tertiary/aromatic N) is 3. The first-order valence-corrected chi connectivity index (χ1v) is 9.10. The van der Waals surface area contributed by atoms with Crippen molar-refractivity contribution in [2.75, 3.05) is 0 Å². The third-order valence-electron chi connectivity index (χ3n) is 4.50. The van der Waals surface area contributed by atoms with Gasteiger partial charge in [-0.1, -0.05) is 32.9 Å². The van der Waals surface area contributed by atoms with Crippen LogP contribution in [0.3, 0.4) is 0 Å². The molecule has 0 aliphatic carbocycles. The molecular formula is C23H21N3O3. The third-order valence-corrected chi connectivity index (χ3v) is 4.50. The molecule has 3 aromatic rings. The Labute approximate surface area is 169 Å².